The van der Waals surface area contributed by atoms with Crippen LogP contribution in [0.25, 0.3) is 11.3 Å². The first kappa shape index (κ1) is 19.9. The van der Waals surface area contributed by atoms with Gasteiger partial charge in [-0.1, -0.05) is 35.5 Å². The second-order valence-corrected chi connectivity index (χ2v) is 8.79. The van der Waals surface area contributed by atoms with Crippen molar-refractivity contribution in [3.05, 3.63) is 54.0 Å². The molecule has 1 saturated carbocycles. The average molecular weight is 421 g/mol. The number of benzene rings is 1. The Morgan fingerprint density at radius 1 is 1.13 bits per heavy atom. The Kier molecular flexibility index (Phi) is 5.09. The number of fused-ring (bicyclic) bond motifs is 1. The standard InChI is InChI=1S/C23H28N6O2/c1-15-9-19(25-27(15)2)23(30)28-12-17-10-21(22(31-3)11-18(17)13-28)29-14-20(24-26-29)16-7-5-4-6-8-16/h4-9,14,17-18,21-22H,10-13H2,1-3H3/t17-,18+,21-,22-/m1/s1. The number of hydrogen-bond donors (Lipinski definition) is 0. The monoisotopic (exact) mass is 420 g/mol. The molecule has 0 N–H and O–H groups in total. The summed E-state index contributed by atoms with van der Waals surface area (Å²) in [4.78, 5) is 15.0. The first-order valence-corrected chi connectivity index (χ1v) is 10.8. The smallest absolute Gasteiger partial charge is 0.274 e. The Balaban J connectivity index is 1.33. The third-order valence-corrected chi connectivity index (χ3v) is 6.93. The molecule has 3 heterocycles. The first-order valence-electron chi connectivity index (χ1n) is 10.8. The van der Waals surface area contributed by atoms with Gasteiger partial charge in [-0.15, -0.1) is 5.10 Å². The molecule has 1 aliphatic heterocycles. The first-order chi connectivity index (χ1) is 15.0. The number of rotatable bonds is 4. The van der Waals surface area contributed by atoms with Gasteiger partial charge in [-0.25, -0.2) is 4.68 Å². The minimum atomic E-state index is 0.0238. The Bertz CT molecular complexity index is 1060. The number of carbonyl (C=O) groups is 1. The van der Waals surface area contributed by atoms with Crippen LogP contribution in [0, 0.1) is 18.8 Å². The van der Waals surface area contributed by atoms with E-state index in [0.29, 0.717) is 17.5 Å². The number of likely N-dealkylation sites (tertiary alicyclic amines) is 1. The molecule has 1 saturated heterocycles. The maximum Gasteiger partial charge on any atom is 0.274 e. The zero-order valence-electron chi connectivity index (χ0n) is 18.2. The molecule has 0 spiro atoms. The van der Waals surface area contributed by atoms with Gasteiger partial charge in [0, 0.05) is 38.5 Å². The van der Waals surface area contributed by atoms with Crippen LogP contribution in [0.2, 0.25) is 0 Å². The minimum absolute atomic E-state index is 0.0238. The van der Waals surface area contributed by atoms with E-state index < -0.39 is 0 Å². The van der Waals surface area contributed by atoms with Crippen LogP contribution < -0.4 is 0 Å². The molecule has 5 rings (SSSR count). The number of ether oxygens (including phenoxy) is 1. The highest BCUT2D eigenvalue weighted by Crippen LogP contribution is 2.42. The lowest BCUT2D eigenvalue weighted by Crippen LogP contribution is -2.37. The fourth-order valence-corrected chi connectivity index (χ4v) is 5.09. The van der Waals surface area contributed by atoms with Gasteiger partial charge < -0.3 is 9.64 Å². The van der Waals surface area contributed by atoms with Crippen molar-refractivity contribution in [2.45, 2.75) is 31.9 Å². The highest BCUT2D eigenvalue weighted by atomic mass is 16.5. The van der Waals surface area contributed by atoms with Gasteiger partial charge in [0.2, 0.25) is 0 Å². The van der Waals surface area contributed by atoms with Crippen LogP contribution in [0.5, 0.6) is 0 Å². The van der Waals surface area contributed by atoms with Crippen LogP contribution in [0.15, 0.2) is 42.6 Å². The number of carbonyl (C=O) groups excluding carboxylic acids is 1. The zero-order chi connectivity index (χ0) is 21.5. The summed E-state index contributed by atoms with van der Waals surface area (Å²) in [6.45, 7) is 3.48. The molecule has 0 bridgehead atoms. The lowest BCUT2D eigenvalue weighted by Gasteiger charge is -2.36. The van der Waals surface area contributed by atoms with Crippen LogP contribution in [0.4, 0.5) is 0 Å². The number of aryl methyl sites for hydroxylation is 2. The van der Waals surface area contributed by atoms with Crippen LogP contribution in [-0.4, -0.2) is 61.9 Å². The predicted octanol–water partition coefficient (Wildman–Crippen LogP) is 2.73. The highest BCUT2D eigenvalue weighted by Gasteiger charge is 2.45. The van der Waals surface area contributed by atoms with Gasteiger partial charge in [-0.2, -0.15) is 5.10 Å². The Morgan fingerprint density at radius 3 is 2.55 bits per heavy atom. The second kappa shape index (κ2) is 7.92. The van der Waals surface area contributed by atoms with E-state index in [0.717, 1.165) is 42.9 Å². The SMILES string of the molecule is CO[C@@H]1C[C@H]2CN(C(=O)c3cc(C)n(C)n3)C[C@H]2C[C@H]1n1cc(-c2ccccc2)nn1. The van der Waals surface area contributed by atoms with E-state index >= 15 is 0 Å². The van der Waals surface area contributed by atoms with Gasteiger partial charge in [0.05, 0.1) is 18.3 Å². The zero-order valence-corrected chi connectivity index (χ0v) is 18.2. The predicted molar refractivity (Wildman–Crippen MR) is 115 cm³/mol. The summed E-state index contributed by atoms with van der Waals surface area (Å²) in [5.41, 5.74) is 3.44. The van der Waals surface area contributed by atoms with Crippen molar-refractivity contribution in [2.75, 3.05) is 20.2 Å². The van der Waals surface area contributed by atoms with Crippen molar-refractivity contribution in [1.82, 2.24) is 29.7 Å². The Morgan fingerprint density at radius 2 is 1.87 bits per heavy atom. The van der Waals surface area contributed by atoms with Gasteiger partial charge in [0.1, 0.15) is 5.69 Å². The molecule has 4 atom stereocenters. The molecule has 1 amide bonds. The maximum atomic E-state index is 13.0. The largest absolute Gasteiger partial charge is 0.379 e. The lowest BCUT2D eigenvalue weighted by atomic mass is 9.77. The van der Waals surface area contributed by atoms with Crippen molar-refractivity contribution in [3.63, 3.8) is 0 Å². The fraction of sp³-hybridized carbons (Fsp3) is 0.478. The Labute approximate surface area is 181 Å². The summed E-state index contributed by atoms with van der Waals surface area (Å²) < 4.78 is 9.58. The molecule has 1 aromatic carbocycles. The molecule has 0 radical (unpaired) electrons. The van der Waals surface area contributed by atoms with Crippen LogP contribution in [-0.2, 0) is 11.8 Å². The van der Waals surface area contributed by atoms with E-state index in [1.54, 1.807) is 11.8 Å². The number of hydrogen-bond acceptors (Lipinski definition) is 5. The van der Waals surface area contributed by atoms with Gasteiger partial charge in [-0.3, -0.25) is 9.48 Å². The fourth-order valence-electron chi connectivity index (χ4n) is 5.09. The number of nitrogens with zero attached hydrogens (tertiary/aromatic N) is 6. The quantitative estimate of drug-likeness (QED) is 0.649. The van der Waals surface area contributed by atoms with Crippen LogP contribution in [0.3, 0.4) is 0 Å². The Hall–Kier alpha value is -3.00. The normalized spacial score (nSPS) is 25.6. The molecule has 2 aromatic heterocycles. The summed E-state index contributed by atoms with van der Waals surface area (Å²) in [7, 11) is 3.63. The van der Waals surface area contributed by atoms with Crippen molar-refractivity contribution in [3.8, 4) is 11.3 Å². The van der Waals surface area contributed by atoms with E-state index in [-0.39, 0.29) is 18.1 Å². The van der Waals surface area contributed by atoms with Gasteiger partial charge >= 0.3 is 0 Å². The van der Waals surface area contributed by atoms with Crippen molar-refractivity contribution >= 4 is 5.91 Å². The summed E-state index contributed by atoms with van der Waals surface area (Å²) in [6, 6.07) is 12.1. The molecular weight excluding hydrogens is 392 g/mol. The van der Waals surface area contributed by atoms with Crippen LogP contribution in [0.1, 0.15) is 35.1 Å². The van der Waals surface area contributed by atoms with Gasteiger partial charge in [-0.05, 0) is 37.7 Å². The molecule has 162 valence electrons. The molecule has 2 aliphatic rings. The van der Waals surface area contributed by atoms with Crippen LogP contribution >= 0.6 is 0 Å². The van der Waals surface area contributed by atoms with E-state index in [4.69, 9.17) is 4.74 Å². The molecule has 0 unspecified atom stereocenters. The topological polar surface area (TPSA) is 78.1 Å². The summed E-state index contributed by atoms with van der Waals surface area (Å²) >= 11 is 0. The molecular formula is C23H28N6O2. The third kappa shape index (κ3) is 3.65. The van der Waals surface area contributed by atoms with Crippen molar-refractivity contribution < 1.29 is 9.53 Å². The molecule has 31 heavy (non-hydrogen) atoms. The third-order valence-electron chi connectivity index (χ3n) is 6.93. The summed E-state index contributed by atoms with van der Waals surface area (Å²) in [5.74, 6) is 0.886. The molecule has 8 heteroatoms. The lowest BCUT2D eigenvalue weighted by molar-refractivity contribution is -0.00545. The molecule has 8 nitrogen and oxygen atoms in total. The summed E-state index contributed by atoms with van der Waals surface area (Å²) in [6.07, 6.45) is 3.91. The van der Waals surface area contributed by atoms with Crippen molar-refractivity contribution in [2.24, 2.45) is 18.9 Å². The van der Waals surface area contributed by atoms with E-state index in [2.05, 4.69) is 15.4 Å². The molecule has 1 aliphatic carbocycles. The van der Waals surface area contributed by atoms with E-state index in [1.807, 2.05) is 66.1 Å². The van der Waals surface area contributed by atoms with Gasteiger partial charge in [0.15, 0.2) is 5.69 Å². The molecule has 3 aromatic rings. The van der Waals surface area contributed by atoms with Gasteiger partial charge in [0.25, 0.3) is 5.91 Å². The number of aromatic nitrogens is 5. The van der Waals surface area contributed by atoms with E-state index in [9.17, 15) is 4.79 Å². The van der Waals surface area contributed by atoms with Crippen molar-refractivity contribution in [1.29, 1.82) is 0 Å². The average Bonchev–Trinajstić information content (AvgIpc) is 3.51. The maximum absolute atomic E-state index is 13.0. The highest BCUT2D eigenvalue weighted by molar-refractivity contribution is 5.92. The second-order valence-electron chi connectivity index (χ2n) is 8.79. The summed E-state index contributed by atoms with van der Waals surface area (Å²) in [5, 5.41) is 13.2. The molecule has 2 fully saturated rings. The minimum Gasteiger partial charge on any atom is -0.379 e. The number of methoxy groups -OCH3 is 1. The number of amides is 1. The van der Waals surface area contributed by atoms with E-state index in [1.165, 1.54) is 0 Å².